The number of amides is 1. The molecule has 2 aliphatic rings. The predicted molar refractivity (Wildman–Crippen MR) is 88.6 cm³/mol. The van der Waals surface area contributed by atoms with E-state index in [9.17, 15) is 9.90 Å². The van der Waals surface area contributed by atoms with Crippen LogP contribution in [0.4, 0.5) is 0 Å². The zero-order valence-corrected chi connectivity index (χ0v) is 13.8. The molecule has 0 saturated carbocycles. The van der Waals surface area contributed by atoms with E-state index in [1.54, 1.807) is 0 Å². The molecule has 2 unspecified atom stereocenters. The maximum Gasteiger partial charge on any atom is 0.230 e. The molecule has 0 radical (unpaired) electrons. The molecule has 23 heavy (non-hydrogen) atoms. The third kappa shape index (κ3) is 3.53. The van der Waals surface area contributed by atoms with Gasteiger partial charge in [0.2, 0.25) is 5.91 Å². The minimum Gasteiger partial charge on any atom is -0.391 e. The maximum absolute atomic E-state index is 13.0. The average molecular weight is 339 g/mol. The van der Waals surface area contributed by atoms with Gasteiger partial charge in [0.05, 0.1) is 11.5 Å². The summed E-state index contributed by atoms with van der Waals surface area (Å²) in [5, 5.41) is 16.7. The molecule has 6 heteroatoms. The summed E-state index contributed by atoms with van der Waals surface area (Å²) in [5.41, 5.74) is 0.410. The van der Waals surface area contributed by atoms with Gasteiger partial charge in [-0.3, -0.25) is 4.79 Å². The van der Waals surface area contributed by atoms with E-state index in [4.69, 9.17) is 16.3 Å². The molecule has 1 amide bonds. The first-order valence-corrected chi connectivity index (χ1v) is 8.50. The number of nitrogens with one attached hydrogen (secondary N) is 2. The summed E-state index contributed by atoms with van der Waals surface area (Å²) in [6, 6.07) is 7.51. The Kier molecular flexibility index (Phi) is 5.21. The summed E-state index contributed by atoms with van der Waals surface area (Å²) in [7, 11) is 0. The Bertz CT molecular complexity index is 543. The highest BCUT2D eigenvalue weighted by molar-refractivity contribution is 6.30. The van der Waals surface area contributed by atoms with Crippen molar-refractivity contribution in [2.75, 3.05) is 32.8 Å². The van der Waals surface area contributed by atoms with Gasteiger partial charge in [-0.2, -0.15) is 0 Å². The smallest absolute Gasteiger partial charge is 0.230 e. The van der Waals surface area contributed by atoms with Crippen LogP contribution < -0.4 is 10.6 Å². The van der Waals surface area contributed by atoms with E-state index in [2.05, 4.69) is 10.6 Å². The Morgan fingerprint density at radius 3 is 2.61 bits per heavy atom. The summed E-state index contributed by atoms with van der Waals surface area (Å²) < 4.78 is 5.46. The summed E-state index contributed by atoms with van der Waals surface area (Å²) in [5.74, 6) is 0.0864. The third-order valence-corrected chi connectivity index (χ3v) is 5.26. The molecule has 0 bridgehead atoms. The second kappa shape index (κ2) is 7.18. The number of aliphatic hydroxyl groups is 1. The zero-order valence-electron chi connectivity index (χ0n) is 13.1. The molecule has 2 saturated heterocycles. The first kappa shape index (κ1) is 16.7. The third-order valence-electron chi connectivity index (χ3n) is 5.01. The van der Waals surface area contributed by atoms with Gasteiger partial charge in [0, 0.05) is 43.8 Å². The summed E-state index contributed by atoms with van der Waals surface area (Å²) in [4.78, 5) is 13.0. The summed E-state index contributed by atoms with van der Waals surface area (Å²) in [6.07, 6.45) is 0.925. The van der Waals surface area contributed by atoms with Crippen molar-refractivity contribution in [2.24, 2.45) is 5.92 Å². The Morgan fingerprint density at radius 1 is 1.30 bits per heavy atom. The van der Waals surface area contributed by atoms with Crippen LogP contribution in [0.15, 0.2) is 24.3 Å². The van der Waals surface area contributed by atoms with Crippen LogP contribution in [0.3, 0.4) is 0 Å². The molecule has 0 spiro atoms. The molecule has 2 fully saturated rings. The Labute approximate surface area is 141 Å². The van der Waals surface area contributed by atoms with Gasteiger partial charge in [0.1, 0.15) is 0 Å². The average Bonchev–Trinajstić information content (AvgIpc) is 2.99. The van der Waals surface area contributed by atoms with Crippen molar-refractivity contribution in [3.8, 4) is 0 Å². The quantitative estimate of drug-likeness (QED) is 0.768. The normalized spacial score (nSPS) is 26.9. The first-order valence-electron chi connectivity index (χ1n) is 8.13. The Balaban J connectivity index is 1.75. The van der Waals surface area contributed by atoms with E-state index in [1.165, 1.54) is 0 Å². The highest BCUT2D eigenvalue weighted by Gasteiger charge is 2.42. The van der Waals surface area contributed by atoms with E-state index in [1.807, 2.05) is 24.3 Å². The molecule has 0 aliphatic carbocycles. The molecule has 126 valence electrons. The number of rotatable bonds is 4. The second-order valence-corrected chi connectivity index (χ2v) is 6.83. The van der Waals surface area contributed by atoms with Crippen LogP contribution in [0.2, 0.25) is 5.02 Å². The van der Waals surface area contributed by atoms with Crippen molar-refractivity contribution in [1.29, 1.82) is 0 Å². The van der Waals surface area contributed by atoms with Crippen molar-refractivity contribution in [1.82, 2.24) is 10.6 Å². The predicted octanol–water partition coefficient (Wildman–Crippen LogP) is 1.08. The molecule has 5 nitrogen and oxygen atoms in total. The lowest BCUT2D eigenvalue weighted by Gasteiger charge is -2.36. The molecular weight excluding hydrogens is 316 g/mol. The monoisotopic (exact) mass is 338 g/mol. The number of aliphatic hydroxyl groups excluding tert-OH is 1. The first-order chi connectivity index (χ1) is 11.1. The highest BCUT2D eigenvalue weighted by atomic mass is 35.5. The lowest BCUT2D eigenvalue weighted by molar-refractivity contribution is -0.130. The van der Waals surface area contributed by atoms with E-state index >= 15 is 0 Å². The number of hydrogen-bond acceptors (Lipinski definition) is 4. The van der Waals surface area contributed by atoms with Crippen molar-refractivity contribution >= 4 is 17.5 Å². The van der Waals surface area contributed by atoms with Gasteiger partial charge in [-0.15, -0.1) is 0 Å². The van der Waals surface area contributed by atoms with Gasteiger partial charge in [-0.25, -0.2) is 0 Å². The van der Waals surface area contributed by atoms with Crippen LogP contribution in [0.25, 0.3) is 0 Å². The number of carbonyl (C=O) groups is 1. The van der Waals surface area contributed by atoms with Gasteiger partial charge in [-0.1, -0.05) is 23.7 Å². The minimum absolute atomic E-state index is 0.0159. The van der Waals surface area contributed by atoms with Gasteiger partial charge in [0.25, 0.3) is 0 Å². The second-order valence-electron chi connectivity index (χ2n) is 6.40. The molecule has 3 N–H and O–H groups in total. The van der Waals surface area contributed by atoms with Crippen molar-refractivity contribution < 1.29 is 14.6 Å². The van der Waals surface area contributed by atoms with E-state index < -0.39 is 11.5 Å². The fourth-order valence-electron chi connectivity index (χ4n) is 3.46. The Morgan fingerprint density at radius 2 is 2.00 bits per heavy atom. The number of β-amino-alcohol motifs (C(OH)–C–C–N with tert-alkyl or cyclic N) is 1. The van der Waals surface area contributed by atoms with Crippen LogP contribution >= 0.6 is 11.6 Å². The van der Waals surface area contributed by atoms with E-state index in [0.717, 1.165) is 12.1 Å². The zero-order chi connectivity index (χ0) is 16.3. The van der Waals surface area contributed by atoms with Crippen LogP contribution in [0.5, 0.6) is 0 Å². The van der Waals surface area contributed by atoms with E-state index in [-0.39, 0.29) is 11.8 Å². The van der Waals surface area contributed by atoms with Crippen molar-refractivity contribution in [3.05, 3.63) is 34.9 Å². The molecule has 2 heterocycles. The number of benzene rings is 1. The molecule has 0 aromatic heterocycles. The Hall–Kier alpha value is -1.14. The van der Waals surface area contributed by atoms with Crippen LogP contribution in [0, 0.1) is 5.92 Å². The maximum atomic E-state index is 13.0. The summed E-state index contributed by atoms with van der Waals surface area (Å²) in [6.45, 7) is 2.96. The SMILES string of the molecule is O=C(NCC1CNCC1O)C1(c2ccc(Cl)cc2)CCOCC1. The summed E-state index contributed by atoms with van der Waals surface area (Å²) >= 11 is 5.98. The largest absolute Gasteiger partial charge is 0.391 e. The van der Waals surface area contributed by atoms with Crippen LogP contribution in [-0.4, -0.2) is 50.0 Å². The molecule has 2 aliphatic heterocycles. The standard InChI is InChI=1S/C17H23ClN2O3/c18-14-3-1-13(2-4-14)17(5-7-23-8-6-17)16(22)20-10-12-9-19-11-15(12)21/h1-4,12,15,19,21H,5-11H2,(H,20,22). The minimum atomic E-state index is -0.570. The lowest BCUT2D eigenvalue weighted by Crippen LogP contribution is -2.49. The molecule has 3 rings (SSSR count). The number of halogens is 1. The van der Waals surface area contributed by atoms with Crippen LogP contribution in [0.1, 0.15) is 18.4 Å². The van der Waals surface area contributed by atoms with E-state index in [0.29, 0.717) is 44.2 Å². The molecule has 1 aromatic rings. The van der Waals surface area contributed by atoms with Crippen molar-refractivity contribution in [2.45, 2.75) is 24.4 Å². The highest BCUT2D eigenvalue weighted by Crippen LogP contribution is 2.35. The number of hydrogen-bond donors (Lipinski definition) is 3. The van der Waals surface area contributed by atoms with Gasteiger partial charge < -0.3 is 20.5 Å². The molecule has 2 atom stereocenters. The van der Waals surface area contributed by atoms with Crippen molar-refractivity contribution in [3.63, 3.8) is 0 Å². The topological polar surface area (TPSA) is 70.6 Å². The number of ether oxygens (including phenoxy) is 1. The fourth-order valence-corrected chi connectivity index (χ4v) is 3.58. The number of carbonyl (C=O) groups excluding carboxylic acids is 1. The lowest BCUT2D eigenvalue weighted by atomic mass is 9.73. The van der Waals surface area contributed by atoms with Gasteiger partial charge in [-0.05, 0) is 30.5 Å². The van der Waals surface area contributed by atoms with Gasteiger partial charge >= 0.3 is 0 Å². The van der Waals surface area contributed by atoms with Crippen LogP contribution in [-0.2, 0) is 14.9 Å². The molecular formula is C17H23ClN2O3. The fraction of sp³-hybridized carbons (Fsp3) is 0.588. The molecule has 1 aromatic carbocycles. The van der Waals surface area contributed by atoms with Gasteiger partial charge in [0.15, 0.2) is 0 Å².